The SMILES string of the molecule is COc1cc(C(=O)CC2CCCN(C(=O)OCOC(=O)CCN)C2)cc(C)c1C. The number of ketones is 1. The summed E-state index contributed by atoms with van der Waals surface area (Å²) in [6.45, 7) is 4.65. The first-order valence-corrected chi connectivity index (χ1v) is 9.81. The summed E-state index contributed by atoms with van der Waals surface area (Å²) in [6, 6.07) is 3.65. The van der Waals surface area contributed by atoms with Gasteiger partial charge in [-0.25, -0.2) is 4.79 Å². The van der Waals surface area contributed by atoms with Gasteiger partial charge in [-0.2, -0.15) is 0 Å². The van der Waals surface area contributed by atoms with E-state index in [1.807, 2.05) is 19.9 Å². The van der Waals surface area contributed by atoms with Crippen LogP contribution >= 0.6 is 0 Å². The van der Waals surface area contributed by atoms with Gasteiger partial charge >= 0.3 is 12.1 Å². The summed E-state index contributed by atoms with van der Waals surface area (Å²) in [4.78, 5) is 37.8. The van der Waals surface area contributed by atoms with Crippen LogP contribution in [0.1, 0.15) is 47.2 Å². The molecule has 1 unspecified atom stereocenters. The molecule has 8 nitrogen and oxygen atoms in total. The second kappa shape index (κ2) is 10.8. The highest BCUT2D eigenvalue weighted by Crippen LogP contribution is 2.27. The Morgan fingerprint density at radius 1 is 1.21 bits per heavy atom. The maximum absolute atomic E-state index is 12.8. The van der Waals surface area contributed by atoms with Crippen molar-refractivity contribution in [3.63, 3.8) is 0 Å². The molecular weight excluding hydrogens is 376 g/mol. The fourth-order valence-corrected chi connectivity index (χ4v) is 3.40. The third-order valence-electron chi connectivity index (χ3n) is 5.16. The third-order valence-corrected chi connectivity index (χ3v) is 5.16. The van der Waals surface area contributed by atoms with Crippen molar-refractivity contribution < 1.29 is 28.6 Å². The molecule has 1 amide bonds. The van der Waals surface area contributed by atoms with Gasteiger partial charge in [-0.05, 0) is 55.9 Å². The first kappa shape index (κ1) is 22.7. The molecular formula is C21H30N2O6. The van der Waals surface area contributed by atoms with Crippen molar-refractivity contribution in [1.29, 1.82) is 0 Å². The number of hydrogen-bond donors (Lipinski definition) is 1. The van der Waals surface area contributed by atoms with E-state index >= 15 is 0 Å². The fourth-order valence-electron chi connectivity index (χ4n) is 3.40. The molecule has 8 heteroatoms. The minimum atomic E-state index is -0.546. The Labute approximate surface area is 171 Å². The molecule has 1 aromatic rings. The van der Waals surface area contributed by atoms with Gasteiger partial charge in [-0.1, -0.05) is 0 Å². The number of nitrogens with zero attached hydrogens (tertiary/aromatic N) is 1. The van der Waals surface area contributed by atoms with Gasteiger partial charge in [0.15, 0.2) is 5.78 Å². The highest BCUT2D eigenvalue weighted by Gasteiger charge is 2.27. The van der Waals surface area contributed by atoms with E-state index in [0.717, 1.165) is 24.0 Å². The molecule has 1 heterocycles. The van der Waals surface area contributed by atoms with Crippen LogP contribution in [0.3, 0.4) is 0 Å². The van der Waals surface area contributed by atoms with Gasteiger partial charge in [0.2, 0.25) is 6.79 Å². The smallest absolute Gasteiger partial charge is 0.412 e. The van der Waals surface area contributed by atoms with Crippen LogP contribution in [0.25, 0.3) is 0 Å². The second-order valence-electron chi connectivity index (χ2n) is 7.29. The zero-order valence-corrected chi connectivity index (χ0v) is 17.4. The predicted octanol–water partition coefficient (Wildman–Crippen LogP) is 2.58. The monoisotopic (exact) mass is 406 g/mol. The lowest BCUT2D eigenvalue weighted by Crippen LogP contribution is -2.41. The number of hydrogen-bond acceptors (Lipinski definition) is 7. The van der Waals surface area contributed by atoms with Gasteiger partial charge in [0.05, 0.1) is 13.5 Å². The molecule has 1 saturated heterocycles. The van der Waals surface area contributed by atoms with E-state index in [2.05, 4.69) is 0 Å². The number of methoxy groups -OCH3 is 1. The molecule has 2 N–H and O–H groups in total. The average molecular weight is 406 g/mol. The number of aryl methyl sites for hydroxylation is 1. The van der Waals surface area contributed by atoms with Gasteiger partial charge in [0, 0.05) is 31.6 Å². The van der Waals surface area contributed by atoms with Gasteiger partial charge in [-0.15, -0.1) is 0 Å². The number of piperidine rings is 1. The third kappa shape index (κ3) is 6.45. The van der Waals surface area contributed by atoms with E-state index in [-0.39, 0.29) is 24.7 Å². The highest BCUT2D eigenvalue weighted by atomic mass is 16.7. The van der Waals surface area contributed by atoms with Crippen LogP contribution in [0.2, 0.25) is 0 Å². The molecule has 0 aliphatic carbocycles. The Balaban J connectivity index is 1.89. The minimum absolute atomic E-state index is 0.0299. The molecule has 160 valence electrons. The summed E-state index contributed by atoms with van der Waals surface area (Å²) in [5.74, 6) is 0.274. The number of carbonyl (C=O) groups excluding carboxylic acids is 3. The minimum Gasteiger partial charge on any atom is -0.496 e. The van der Waals surface area contributed by atoms with Gasteiger partial charge in [-0.3, -0.25) is 9.59 Å². The Morgan fingerprint density at radius 3 is 2.66 bits per heavy atom. The van der Waals surface area contributed by atoms with E-state index in [0.29, 0.717) is 30.8 Å². The van der Waals surface area contributed by atoms with Crippen LogP contribution < -0.4 is 10.5 Å². The number of esters is 1. The molecule has 1 aromatic carbocycles. The summed E-state index contributed by atoms with van der Waals surface area (Å²) < 4.78 is 15.1. The van der Waals surface area contributed by atoms with Crippen molar-refractivity contribution in [2.75, 3.05) is 33.5 Å². The molecule has 2 rings (SSSR count). The summed E-state index contributed by atoms with van der Waals surface area (Å²) in [5, 5.41) is 0. The molecule has 1 atom stereocenters. The van der Waals surface area contributed by atoms with Gasteiger partial charge < -0.3 is 24.8 Å². The van der Waals surface area contributed by atoms with E-state index in [9.17, 15) is 14.4 Å². The van der Waals surface area contributed by atoms with E-state index in [1.165, 1.54) is 0 Å². The molecule has 0 saturated carbocycles. The second-order valence-corrected chi connectivity index (χ2v) is 7.29. The number of amides is 1. The Bertz CT molecular complexity index is 749. The van der Waals surface area contributed by atoms with E-state index < -0.39 is 18.9 Å². The molecule has 0 bridgehead atoms. The zero-order chi connectivity index (χ0) is 21.4. The van der Waals surface area contributed by atoms with Crippen LogP contribution in [0.5, 0.6) is 5.75 Å². The summed E-state index contributed by atoms with van der Waals surface area (Å²) in [7, 11) is 1.59. The van der Waals surface area contributed by atoms with Gasteiger partial charge in [0.25, 0.3) is 0 Å². The molecule has 0 aromatic heterocycles. The Hall–Kier alpha value is -2.61. The van der Waals surface area contributed by atoms with Crippen LogP contribution in [0.4, 0.5) is 4.79 Å². The standard InChI is InChI=1S/C21H30N2O6/c1-14-9-17(11-19(27-3)15(14)2)18(24)10-16-5-4-8-23(12-16)21(26)29-13-28-20(25)6-7-22/h9,11,16H,4-8,10,12-13,22H2,1-3H3. The number of nitrogens with two attached hydrogens (primary N) is 1. The van der Waals surface area contributed by atoms with E-state index in [1.54, 1.807) is 18.1 Å². The summed E-state index contributed by atoms with van der Waals surface area (Å²) >= 11 is 0. The zero-order valence-electron chi connectivity index (χ0n) is 17.4. The lowest BCUT2D eigenvalue weighted by Gasteiger charge is -2.31. The molecule has 0 spiro atoms. The number of rotatable bonds is 8. The van der Waals surface area contributed by atoms with Crippen molar-refractivity contribution in [3.8, 4) is 5.75 Å². The molecule has 1 aliphatic rings. The topological polar surface area (TPSA) is 108 Å². The molecule has 0 radical (unpaired) electrons. The van der Waals surface area contributed by atoms with Crippen molar-refractivity contribution in [2.24, 2.45) is 11.7 Å². The highest BCUT2D eigenvalue weighted by molar-refractivity contribution is 5.97. The molecule has 29 heavy (non-hydrogen) atoms. The van der Waals surface area contributed by atoms with Crippen LogP contribution in [0, 0.1) is 19.8 Å². The molecule has 1 aliphatic heterocycles. The number of Topliss-reactive ketones (excluding diaryl/α,β-unsaturated/α-hetero) is 1. The lowest BCUT2D eigenvalue weighted by molar-refractivity contribution is -0.152. The normalized spacial score (nSPS) is 16.3. The van der Waals surface area contributed by atoms with Crippen molar-refractivity contribution in [3.05, 3.63) is 28.8 Å². The maximum Gasteiger partial charge on any atom is 0.412 e. The van der Waals surface area contributed by atoms with Crippen LogP contribution in [-0.4, -0.2) is 56.3 Å². The summed E-state index contributed by atoms with van der Waals surface area (Å²) in [5.41, 5.74) is 7.90. The predicted molar refractivity (Wildman–Crippen MR) is 107 cm³/mol. The number of ether oxygens (including phenoxy) is 3. The Kier molecular flexibility index (Phi) is 8.45. The van der Waals surface area contributed by atoms with Crippen molar-refractivity contribution in [2.45, 2.75) is 39.5 Å². The Morgan fingerprint density at radius 2 is 1.97 bits per heavy atom. The van der Waals surface area contributed by atoms with E-state index in [4.69, 9.17) is 19.9 Å². The van der Waals surface area contributed by atoms with Crippen molar-refractivity contribution >= 4 is 17.8 Å². The van der Waals surface area contributed by atoms with Crippen LogP contribution in [0.15, 0.2) is 12.1 Å². The maximum atomic E-state index is 12.8. The fraction of sp³-hybridized carbons (Fsp3) is 0.571. The van der Waals surface area contributed by atoms with Gasteiger partial charge in [0.1, 0.15) is 5.75 Å². The van der Waals surface area contributed by atoms with Crippen molar-refractivity contribution in [1.82, 2.24) is 4.90 Å². The average Bonchev–Trinajstić information content (AvgIpc) is 2.70. The lowest BCUT2D eigenvalue weighted by atomic mass is 9.90. The van der Waals surface area contributed by atoms with Crippen LogP contribution in [-0.2, 0) is 14.3 Å². The first-order valence-electron chi connectivity index (χ1n) is 9.81. The number of carbonyl (C=O) groups is 3. The summed E-state index contributed by atoms with van der Waals surface area (Å²) in [6.07, 6.45) is 1.53. The molecule has 1 fully saturated rings. The first-order chi connectivity index (χ1) is 13.8. The number of benzene rings is 1. The number of likely N-dealkylation sites (tertiary alicyclic amines) is 1. The largest absolute Gasteiger partial charge is 0.496 e. The quantitative estimate of drug-likeness (QED) is 0.401.